The SMILES string of the molecule is C=C1C[C@H]2C(O)N(C(=O)OCc3ccc(O[C@@H]4O[C@H](C(=O)O)[C@@H](O)[C@H](O)[C@H]4O)cc3)c3cc(OCCCCCOc4cc5c(cc4OC)C(=O)N4CC(=C)C[C@H]4C(O)N5C(=O)OCc4ccc(O[C@@H]5O[C@H](C(=O)O)[C@@H](O)[C@H](O)[C@H]5O)c(C(=O)CC(C)(C)C)c4)c(OC)cc3C(=O)N2C1. The van der Waals surface area contributed by atoms with E-state index in [4.69, 9.17) is 47.4 Å². The van der Waals surface area contributed by atoms with Crippen LogP contribution >= 0.6 is 0 Å². The monoisotopic (exact) mass is 1370 g/mol. The lowest BCUT2D eigenvalue weighted by molar-refractivity contribution is -0.271. The van der Waals surface area contributed by atoms with Crippen molar-refractivity contribution in [1.82, 2.24) is 9.80 Å². The fraction of sp³-hybridized carbons (Fsp3) is 0.478. The molecule has 14 atom stereocenters. The van der Waals surface area contributed by atoms with Crippen LogP contribution in [0.1, 0.15) is 101 Å². The highest BCUT2D eigenvalue weighted by Crippen LogP contribution is 2.45. The van der Waals surface area contributed by atoms with Crippen molar-refractivity contribution in [3.8, 4) is 34.5 Å². The molecule has 4 aromatic carbocycles. The van der Waals surface area contributed by atoms with E-state index in [1.165, 1.54) is 90.7 Å². The highest BCUT2D eigenvalue weighted by atomic mass is 16.7. The van der Waals surface area contributed by atoms with E-state index in [-0.39, 0.29) is 120 Å². The van der Waals surface area contributed by atoms with Crippen molar-refractivity contribution in [3.63, 3.8) is 0 Å². The standard InChI is InChI=1S/C67H78N4O27/c1-31-19-41-59(81)70(65(87)93-29-33-11-14-35(15-12-33)95-63-53(77)49(73)51(75)55(97-63)61(83)84)39-24-47(45(89-6)22-36(39)57(79)68(41)27-31)91-17-9-8-10-18-92-48-25-40-37(23-46(48)90-7)58(80)69-28-32(2)20-42(69)60(82)71(40)66(88)94-30-34-13-16-44(38(21-34)43(72)26-67(3,4)5)96-64-54(78)50(74)52(76)56(98-64)62(85)86/h11-16,21-25,41-42,49-56,59-60,63-64,73-78,81-82H,1-2,8-10,17-20,26-30H2,3-7H3,(H,83,84)(H,85,86)/t41-,42-,49-,50-,51-,52-,53+,54+,55-,56-,59?,60?,63+,64+/m0/s1. The zero-order chi connectivity index (χ0) is 70.9. The molecule has 2 unspecified atom stereocenters. The second-order valence-electron chi connectivity index (χ2n) is 25.7. The molecule has 31 nitrogen and oxygen atoms in total. The number of aliphatic carboxylic acids is 2. The fourth-order valence-corrected chi connectivity index (χ4v) is 12.3. The van der Waals surface area contributed by atoms with Gasteiger partial charge in [-0.2, -0.15) is 0 Å². The molecular weight excluding hydrogens is 1290 g/mol. The number of aliphatic hydroxyl groups excluding tert-OH is 8. The summed E-state index contributed by atoms with van der Waals surface area (Å²) in [6, 6.07) is 13.5. The van der Waals surface area contributed by atoms with Crippen LogP contribution in [0.25, 0.3) is 0 Å². The average molecular weight is 1370 g/mol. The number of hydrogen-bond donors (Lipinski definition) is 10. The number of carbonyl (C=O) groups is 7. The largest absolute Gasteiger partial charge is 0.493 e. The van der Waals surface area contributed by atoms with Gasteiger partial charge in [0.05, 0.1) is 67.6 Å². The van der Waals surface area contributed by atoms with Gasteiger partial charge in [0.15, 0.2) is 53.4 Å². The molecule has 6 aliphatic heterocycles. The molecule has 0 spiro atoms. The molecule has 6 aliphatic rings. The number of carboxylic acids is 2. The highest BCUT2D eigenvalue weighted by molar-refractivity contribution is 6.07. The minimum Gasteiger partial charge on any atom is -0.493 e. The van der Waals surface area contributed by atoms with Gasteiger partial charge in [0.1, 0.15) is 61.3 Å². The minimum atomic E-state index is -2.00. The summed E-state index contributed by atoms with van der Waals surface area (Å²) in [5.41, 5.74) is 1.05. The summed E-state index contributed by atoms with van der Waals surface area (Å²) in [5, 5.41) is 105. The van der Waals surface area contributed by atoms with Crippen LogP contribution in [0.2, 0.25) is 0 Å². The Hall–Kier alpha value is -9.15. The zero-order valence-electron chi connectivity index (χ0n) is 54.0. The molecule has 528 valence electrons. The molecule has 4 fully saturated rings. The number of carboxylic acid groups (broad SMARTS) is 2. The lowest BCUT2D eigenvalue weighted by atomic mass is 9.87. The van der Waals surface area contributed by atoms with Crippen molar-refractivity contribution in [2.45, 2.75) is 158 Å². The van der Waals surface area contributed by atoms with Crippen LogP contribution in [0, 0.1) is 5.41 Å². The van der Waals surface area contributed by atoms with E-state index < -0.39 is 140 Å². The maximum atomic E-state index is 14.5. The number of rotatable bonds is 22. The van der Waals surface area contributed by atoms with Crippen LogP contribution in [-0.2, 0) is 41.8 Å². The molecule has 10 rings (SSSR count). The topological polar surface area (TPSA) is 427 Å². The third kappa shape index (κ3) is 15.0. The van der Waals surface area contributed by atoms with E-state index >= 15 is 0 Å². The first-order chi connectivity index (χ1) is 46.5. The van der Waals surface area contributed by atoms with Gasteiger partial charge in [-0.25, -0.2) is 29.0 Å². The van der Waals surface area contributed by atoms with Crippen molar-refractivity contribution >= 4 is 53.1 Å². The van der Waals surface area contributed by atoms with Crippen LogP contribution in [0.5, 0.6) is 34.5 Å². The Morgan fingerprint density at radius 1 is 0.541 bits per heavy atom. The Labute approximate surface area is 560 Å². The molecule has 6 heterocycles. The minimum absolute atomic E-state index is 0.00945. The van der Waals surface area contributed by atoms with Gasteiger partial charge < -0.3 is 108 Å². The van der Waals surface area contributed by atoms with Gasteiger partial charge in [-0.15, -0.1) is 0 Å². The van der Waals surface area contributed by atoms with Crippen LogP contribution in [0.4, 0.5) is 21.0 Å². The molecule has 4 aromatic rings. The van der Waals surface area contributed by atoms with Crippen LogP contribution in [-0.4, -0.2) is 229 Å². The van der Waals surface area contributed by atoms with Crippen LogP contribution < -0.4 is 38.2 Å². The first-order valence-electron chi connectivity index (χ1n) is 31.3. The summed E-state index contributed by atoms with van der Waals surface area (Å²) in [4.78, 5) is 99.4. The first-order valence-corrected chi connectivity index (χ1v) is 31.3. The normalized spacial score (nSPS) is 26.8. The molecule has 0 saturated carbocycles. The molecule has 0 bridgehead atoms. The van der Waals surface area contributed by atoms with Crippen molar-refractivity contribution < 1.29 is 132 Å². The lowest BCUT2D eigenvalue weighted by Crippen LogP contribution is -2.61. The average Bonchev–Trinajstić information content (AvgIpc) is 1.62. The van der Waals surface area contributed by atoms with Crippen molar-refractivity contribution in [2.24, 2.45) is 5.41 Å². The first kappa shape index (κ1) is 71.6. The predicted octanol–water partition coefficient (Wildman–Crippen LogP) is 2.98. The number of hydrogen-bond acceptors (Lipinski definition) is 25. The number of ketones is 1. The Morgan fingerprint density at radius 2 is 0.980 bits per heavy atom. The molecule has 10 N–H and O–H groups in total. The second kappa shape index (κ2) is 29.5. The van der Waals surface area contributed by atoms with Gasteiger partial charge in [0.2, 0.25) is 12.6 Å². The molecule has 4 saturated heterocycles. The van der Waals surface area contributed by atoms with Gasteiger partial charge in [-0.3, -0.25) is 14.4 Å². The van der Waals surface area contributed by atoms with E-state index in [9.17, 15) is 84.6 Å². The summed E-state index contributed by atoms with van der Waals surface area (Å²) in [6.07, 6.45) is -22.9. The van der Waals surface area contributed by atoms with E-state index in [1.54, 1.807) is 0 Å². The number of nitrogens with zero attached hydrogens (tertiary/aromatic N) is 4. The quantitative estimate of drug-likeness (QED) is 0.0307. The van der Waals surface area contributed by atoms with E-state index in [2.05, 4.69) is 13.2 Å². The number of benzene rings is 4. The number of anilines is 2. The molecule has 31 heteroatoms. The molecule has 0 radical (unpaired) electrons. The van der Waals surface area contributed by atoms with Gasteiger partial charge in [0.25, 0.3) is 11.8 Å². The number of Topliss-reactive ketones (excluding diaryl/α,β-unsaturated/α-hetero) is 1. The number of fused-ring (bicyclic) bond motifs is 4. The zero-order valence-corrected chi connectivity index (χ0v) is 54.0. The van der Waals surface area contributed by atoms with E-state index in [0.717, 1.165) is 9.80 Å². The van der Waals surface area contributed by atoms with Crippen LogP contribution in [0.3, 0.4) is 0 Å². The van der Waals surface area contributed by atoms with Crippen molar-refractivity contribution in [3.05, 3.63) is 119 Å². The van der Waals surface area contributed by atoms with Gasteiger partial charge in [-0.05, 0) is 85.0 Å². The molecule has 4 amide bonds. The summed E-state index contributed by atoms with van der Waals surface area (Å²) in [5.74, 6) is -4.47. The summed E-state index contributed by atoms with van der Waals surface area (Å²) < 4.78 is 57.3. The number of amides is 4. The van der Waals surface area contributed by atoms with Crippen molar-refractivity contribution in [2.75, 3.05) is 50.3 Å². The Kier molecular flexibility index (Phi) is 21.6. The summed E-state index contributed by atoms with van der Waals surface area (Å²) in [7, 11) is 2.72. The smallest absolute Gasteiger partial charge is 0.416 e. The van der Waals surface area contributed by atoms with Crippen LogP contribution in [0.15, 0.2) is 91.0 Å². The number of ether oxygens (including phenoxy) is 10. The van der Waals surface area contributed by atoms with Crippen molar-refractivity contribution in [1.29, 1.82) is 0 Å². The van der Waals surface area contributed by atoms with Gasteiger partial charge in [0, 0.05) is 31.6 Å². The molecule has 98 heavy (non-hydrogen) atoms. The number of carbonyl (C=O) groups excluding carboxylic acids is 5. The Morgan fingerprint density at radius 3 is 1.42 bits per heavy atom. The Bertz CT molecular complexity index is 3730. The molecule has 0 aliphatic carbocycles. The summed E-state index contributed by atoms with van der Waals surface area (Å²) >= 11 is 0. The summed E-state index contributed by atoms with van der Waals surface area (Å²) in [6.45, 7) is 12.9. The number of methoxy groups -OCH3 is 2. The second-order valence-corrected chi connectivity index (χ2v) is 25.7. The van der Waals surface area contributed by atoms with E-state index in [0.29, 0.717) is 36.0 Å². The number of unbranched alkanes of at least 4 members (excludes halogenated alkanes) is 2. The maximum Gasteiger partial charge on any atom is 0.416 e. The lowest BCUT2D eigenvalue weighted by Gasteiger charge is -2.38. The third-order valence-corrected chi connectivity index (χ3v) is 17.4. The predicted molar refractivity (Wildman–Crippen MR) is 337 cm³/mol. The maximum absolute atomic E-state index is 14.5. The van der Waals surface area contributed by atoms with Gasteiger partial charge >= 0.3 is 24.1 Å². The molecule has 0 aromatic heterocycles. The third-order valence-electron chi connectivity index (χ3n) is 17.4. The molecular formula is C67H78N4O27. The Balaban J connectivity index is 0.805. The van der Waals surface area contributed by atoms with Gasteiger partial charge in [-0.1, -0.05) is 63.3 Å². The van der Waals surface area contributed by atoms with E-state index in [1.807, 2.05) is 20.8 Å². The highest BCUT2D eigenvalue weighted by Gasteiger charge is 2.52. The fourth-order valence-electron chi connectivity index (χ4n) is 12.3. The number of aliphatic hydroxyl groups is 8.